The molecule has 0 saturated carbocycles. The number of alkyl halides is 6. The molecule has 4 rings (SSSR count). The van der Waals surface area contributed by atoms with Crippen LogP contribution in [-0.2, 0) is 27.8 Å². The van der Waals surface area contributed by atoms with Gasteiger partial charge in [-0.2, -0.15) is 26.3 Å². The summed E-state index contributed by atoms with van der Waals surface area (Å²) in [6.45, 7) is 1.24. The molecule has 15 heteroatoms. The third kappa shape index (κ3) is 6.91. The van der Waals surface area contributed by atoms with Crippen LogP contribution in [0.15, 0.2) is 47.5 Å². The molecular weight excluding hydrogens is 587 g/mol. The van der Waals surface area contributed by atoms with Crippen molar-refractivity contribution in [2.45, 2.75) is 50.6 Å². The number of nitrogens with zero attached hydrogens (tertiary/aromatic N) is 4. The summed E-state index contributed by atoms with van der Waals surface area (Å²) >= 11 is 0. The average Bonchev–Trinajstić information content (AvgIpc) is 3.16. The number of hydrogen-bond donors (Lipinski definition) is 1. The van der Waals surface area contributed by atoms with Gasteiger partial charge in [0.1, 0.15) is 5.82 Å². The van der Waals surface area contributed by atoms with Crippen LogP contribution in [-0.4, -0.2) is 70.7 Å². The third-order valence-electron chi connectivity index (χ3n) is 7.47. The van der Waals surface area contributed by atoms with Gasteiger partial charge in [0, 0.05) is 39.5 Å². The molecule has 2 aromatic rings. The van der Waals surface area contributed by atoms with Crippen molar-refractivity contribution in [3.05, 3.63) is 70.5 Å². The molecule has 1 saturated heterocycles. The summed E-state index contributed by atoms with van der Waals surface area (Å²) in [7, 11) is 0. The molecule has 0 radical (unpaired) electrons. The Kier molecular flexibility index (Phi) is 8.75. The lowest BCUT2D eigenvalue weighted by atomic mass is 9.84. The molecule has 43 heavy (non-hydrogen) atoms. The van der Waals surface area contributed by atoms with Crippen LogP contribution in [0.25, 0.3) is 0 Å². The summed E-state index contributed by atoms with van der Waals surface area (Å²) in [6, 6.07) is 7.22. The number of benzene rings is 2. The van der Waals surface area contributed by atoms with Crippen LogP contribution < -0.4 is 5.73 Å². The van der Waals surface area contributed by atoms with Gasteiger partial charge in [-0.15, -0.1) is 0 Å². The molecule has 2 aliphatic rings. The number of halogens is 7. The second kappa shape index (κ2) is 11.8. The number of amides is 3. The van der Waals surface area contributed by atoms with Gasteiger partial charge in [-0.25, -0.2) is 9.38 Å². The van der Waals surface area contributed by atoms with Gasteiger partial charge in [0.25, 0.3) is 11.8 Å². The third-order valence-corrected chi connectivity index (χ3v) is 7.47. The van der Waals surface area contributed by atoms with Crippen molar-refractivity contribution in [2.24, 2.45) is 10.7 Å². The second-order valence-electron chi connectivity index (χ2n) is 10.4. The maximum absolute atomic E-state index is 13.9. The van der Waals surface area contributed by atoms with Gasteiger partial charge in [-0.1, -0.05) is 18.2 Å². The van der Waals surface area contributed by atoms with E-state index in [1.165, 1.54) is 28.9 Å². The van der Waals surface area contributed by atoms with Crippen molar-refractivity contribution < 1.29 is 45.1 Å². The molecule has 0 spiro atoms. The SMILES string of the molecule is CC(=O)N1CCN(C(=O)c2cc(CN3C(=O)[C@@](CCCC(F)(F)F)(c4ccc(F)cc4)N=C3N)ccc2C(F)(F)F)CC1. The maximum atomic E-state index is 13.9. The number of piperazine rings is 1. The monoisotopic (exact) mass is 615 g/mol. The fourth-order valence-electron chi connectivity index (χ4n) is 5.24. The van der Waals surface area contributed by atoms with E-state index in [1.54, 1.807) is 0 Å². The van der Waals surface area contributed by atoms with E-state index >= 15 is 0 Å². The molecule has 1 atom stereocenters. The van der Waals surface area contributed by atoms with Crippen molar-refractivity contribution in [3.63, 3.8) is 0 Å². The Bertz CT molecular complexity index is 1420. The minimum atomic E-state index is -4.88. The Morgan fingerprint density at radius 3 is 2.12 bits per heavy atom. The van der Waals surface area contributed by atoms with Crippen LogP contribution in [0, 0.1) is 5.82 Å². The summed E-state index contributed by atoms with van der Waals surface area (Å²) < 4.78 is 94.1. The van der Waals surface area contributed by atoms with Crippen LogP contribution >= 0.6 is 0 Å². The van der Waals surface area contributed by atoms with Crippen LogP contribution in [0.2, 0.25) is 0 Å². The van der Waals surface area contributed by atoms with E-state index in [0.717, 1.165) is 29.2 Å². The molecular formula is C28H28F7N5O3. The van der Waals surface area contributed by atoms with Gasteiger partial charge in [0.15, 0.2) is 11.5 Å². The first kappa shape index (κ1) is 31.8. The predicted molar refractivity (Wildman–Crippen MR) is 140 cm³/mol. The molecule has 2 aromatic carbocycles. The van der Waals surface area contributed by atoms with E-state index in [1.807, 2.05) is 0 Å². The highest BCUT2D eigenvalue weighted by atomic mass is 19.4. The lowest BCUT2D eigenvalue weighted by molar-refractivity contribution is -0.139. The van der Waals surface area contributed by atoms with Crippen LogP contribution in [0.4, 0.5) is 30.7 Å². The van der Waals surface area contributed by atoms with E-state index in [9.17, 15) is 45.1 Å². The number of nitrogens with two attached hydrogens (primary N) is 1. The van der Waals surface area contributed by atoms with Gasteiger partial charge in [-0.05, 0) is 48.2 Å². The highest BCUT2D eigenvalue weighted by molar-refractivity contribution is 6.07. The van der Waals surface area contributed by atoms with E-state index in [-0.39, 0.29) is 43.2 Å². The number of guanidine groups is 1. The highest BCUT2D eigenvalue weighted by Crippen LogP contribution is 2.40. The van der Waals surface area contributed by atoms with Gasteiger partial charge in [0.05, 0.1) is 17.7 Å². The van der Waals surface area contributed by atoms with E-state index in [0.29, 0.717) is 6.07 Å². The first-order chi connectivity index (χ1) is 20.0. The van der Waals surface area contributed by atoms with Crippen LogP contribution in [0.3, 0.4) is 0 Å². The summed E-state index contributed by atoms with van der Waals surface area (Å²) in [6.07, 6.45) is -11.5. The number of carbonyl (C=O) groups excluding carboxylic acids is 3. The van der Waals surface area contributed by atoms with Gasteiger partial charge < -0.3 is 15.5 Å². The van der Waals surface area contributed by atoms with Crippen molar-refractivity contribution in [3.8, 4) is 0 Å². The lowest BCUT2D eigenvalue weighted by Gasteiger charge is -2.34. The molecule has 1 fully saturated rings. The van der Waals surface area contributed by atoms with Gasteiger partial charge >= 0.3 is 12.4 Å². The molecule has 0 aliphatic carbocycles. The maximum Gasteiger partial charge on any atom is 0.417 e. The summed E-state index contributed by atoms with van der Waals surface area (Å²) in [5.74, 6) is -3.03. The second-order valence-corrected chi connectivity index (χ2v) is 10.4. The van der Waals surface area contributed by atoms with E-state index in [2.05, 4.69) is 4.99 Å². The summed E-state index contributed by atoms with van der Waals surface area (Å²) in [5.41, 5.74) is 2.44. The van der Waals surface area contributed by atoms with Crippen LogP contribution in [0.5, 0.6) is 0 Å². The van der Waals surface area contributed by atoms with Gasteiger partial charge in [-0.3, -0.25) is 19.3 Å². The fraction of sp³-hybridized carbons (Fsp3) is 0.429. The zero-order valence-corrected chi connectivity index (χ0v) is 22.9. The largest absolute Gasteiger partial charge is 0.417 e. The van der Waals surface area contributed by atoms with Crippen molar-refractivity contribution in [1.82, 2.24) is 14.7 Å². The molecule has 2 heterocycles. The Morgan fingerprint density at radius 1 is 0.953 bits per heavy atom. The van der Waals surface area contributed by atoms with E-state index in [4.69, 9.17) is 5.73 Å². The van der Waals surface area contributed by atoms with Crippen molar-refractivity contribution >= 4 is 23.7 Å². The summed E-state index contributed by atoms with van der Waals surface area (Å²) in [5, 5.41) is 0. The average molecular weight is 616 g/mol. The number of rotatable bonds is 7. The number of hydrogen-bond acceptors (Lipinski definition) is 5. The molecule has 3 amide bonds. The quantitative estimate of drug-likeness (QED) is 0.466. The molecule has 0 bridgehead atoms. The summed E-state index contributed by atoms with van der Waals surface area (Å²) in [4.78, 5) is 46.4. The molecule has 0 unspecified atom stereocenters. The lowest BCUT2D eigenvalue weighted by Crippen LogP contribution is -2.50. The van der Waals surface area contributed by atoms with E-state index < -0.39 is 78.4 Å². The zero-order chi connectivity index (χ0) is 31.7. The Labute approximate surface area is 241 Å². The van der Waals surface area contributed by atoms with Gasteiger partial charge in [0.2, 0.25) is 5.91 Å². The first-order valence-electron chi connectivity index (χ1n) is 13.3. The minimum absolute atomic E-state index is 0.0161. The molecule has 2 N–H and O–H groups in total. The highest BCUT2D eigenvalue weighted by Gasteiger charge is 2.49. The number of aliphatic imine (C=N–C) groups is 1. The molecule has 2 aliphatic heterocycles. The van der Waals surface area contributed by atoms with Crippen LogP contribution in [0.1, 0.15) is 53.2 Å². The predicted octanol–water partition coefficient (Wildman–Crippen LogP) is 4.43. The molecule has 0 aromatic heterocycles. The zero-order valence-electron chi connectivity index (χ0n) is 22.9. The first-order valence-corrected chi connectivity index (χ1v) is 13.3. The number of carbonyl (C=O) groups is 3. The molecule has 8 nitrogen and oxygen atoms in total. The smallest absolute Gasteiger partial charge is 0.369 e. The Hall–Kier alpha value is -4.17. The normalized spacial score (nSPS) is 19.6. The van der Waals surface area contributed by atoms with Crippen molar-refractivity contribution in [1.29, 1.82) is 0 Å². The topological polar surface area (TPSA) is 99.3 Å². The Morgan fingerprint density at radius 2 is 1.56 bits per heavy atom. The standard InChI is InChI=1S/C28H28F7N5O3/c1-17(41)38-11-13-39(14-12-38)23(42)21-15-18(3-8-22(21)28(33,34)35)16-40-24(43)26(37-25(40)36,9-2-10-27(30,31)32)19-4-6-20(29)7-5-19/h3-8,15H,2,9-14,16H2,1H3,(H2,36,37)/t26-/m1/s1. The Balaban J connectivity index is 1.64. The van der Waals surface area contributed by atoms with Crippen molar-refractivity contribution in [2.75, 3.05) is 26.2 Å². The fourth-order valence-corrected chi connectivity index (χ4v) is 5.24. The molecule has 232 valence electrons. The minimum Gasteiger partial charge on any atom is -0.369 e.